The topological polar surface area (TPSA) is 68.2 Å². The van der Waals surface area contributed by atoms with Crippen molar-refractivity contribution in [2.45, 2.75) is 37.7 Å². The van der Waals surface area contributed by atoms with Gasteiger partial charge in [0.1, 0.15) is 0 Å². The molecule has 6 heteroatoms. The molecule has 136 valence electrons. The molecule has 3 aliphatic heterocycles. The van der Waals surface area contributed by atoms with Crippen LogP contribution in [0.4, 0.5) is 5.69 Å². The second kappa shape index (κ2) is 4.84. The Morgan fingerprint density at radius 1 is 0.963 bits per heavy atom. The maximum absolute atomic E-state index is 13.8. The van der Waals surface area contributed by atoms with Crippen molar-refractivity contribution in [3.8, 4) is 0 Å². The van der Waals surface area contributed by atoms with E-state index in [1.54, 1.807) is 62.4 Å². The van der Waals surface area contributed by atoms with Crippen molar-refractivity contribution in [1.82, 2.24) is 0 Å². The van der Waals surface area contributed by atoms with Crippen LogP contribution in [0.15, 0.2) is 59.6 Å². The standard InChI is InChI=1S/C21H18N2O4/c1-13-22-19(2)20(3,26-13)27-21(19)16-12-8-7-11-15(16)17(24)23(18(21)25)14-9-5-4-6-10-14/h4-12H,1-3H3/t19-,20-,21-/m1/s1. The van der Waals surface area contributed by atoms with Gasteiger partial charge in [0, 0.05) is 25.0 Å². The summed E-state index contributed by atoms with van der Waals surface area (Å²) < 4.78 is 12.0. The molecular weight excluding hydrogens is 344 g/mol. The molecule has 5 rings (SSSR count). The third-order valence-electron chi connectivity index (χ3n) is 5.90. The minimum atomic E-state index is -1.42. The molecule has 0 saturated carbocycles. The number of hydrogen-bond acceptors (Lipinski definition) is 5. The number of carbonyl (C=O) groups excluding carboxylic acids is 2. The van der Waals surface area contributed by atoms with Crippen molar-refractivity contribution in [3.05, 3.63) is 65.7 Å². The van der Waals surface area contributed by atoms with E-state index in [-0.39, 0.29) is 5.91 Å². The van der Waals surface area contributed by atoms with Gasteiger partial charge in [0.15, 0.2) is 11.4 Å². The summed E-state index contributed by atoms with van der Waals surface area (Å²) in [6.45, 7) is 5.36. The number of anilines is 1. The molecule has 1 fully saturated rings. The summed E-state index contributed by atoms with van der Waals surface area (Å²) in [5.74, 6) is -1.40. The Hall–Kier alpha value is -2.99. The summed E-state index contributed by atoms with van der Waals surface area (Å²) in [5, 5.41) is 0. The Morgan fingerprint density at radius 2 is 1.63 bits per heavy atom. The lowest BCUT2D eigenvalue weighted by molar-refractivity contribution is -0.379. The van der Waals surface area contributed by atoms with Gasteiger partial charge in [-0.3, -0.25) is 9.59 Å². The molecule has 2 amide bonds. The van der Waals surface area contributed by atoms with Gasteiger partial charge in [-0.05, 0) is 25.1 Å². The maximum Gasteiger partial charge on any atom is 0.273 e. The molecule has 0 N–H and O–H groups in total. The van der Waals surface area contributed by atoms with E-state index in [1.165, 1.54) is 4.90 Å². The third kappa shape index (κ3) is 1.67. The highest BCUT2D eigenvalue weighted by molar-refractivity contribution is 6.27. The molecule has 27 heavy (non-hydrogen) atoms. The van der Waals surface area contributed by atoms with E-state index < -0.39 is 22.8 Å². The number of ether oxygens (including phenoxy) is 2. The number of fused-ring (bicyclic) bond motifs is 4. The van der Waals surface area contributed by atoms with E-state index in [1.807, 2.05) is 13.0 Å². The van der Waals surface area contributed by atoms with Gasteiger partial charge >= 0.3 is 0 Å². The van der Waals surface area contributed by atoms with Crippen molar-refractivity contribution < 1.29 is 19.1 Å². The Morgan fingerprint density at radius 3 is 2.33 bits per heavy atom. The lowest BCUT2D eigenvalue weighted by Gasteiger charge is -2.62. The third-order valence-corrected chi connectivity index (χ3v) is 5.90. The zero-order valence-corrected chi connectivity index (χ0v) is 15.2. The van der Waals surface area contributed by atoms with E-state index in [9.17, 15) is 9.59 Å². The Kier molecular flexibility index (Phi) is 2.90. The van der Waals surface area contributed by atoms with Gasteiger partial charge in [-0.25, -0.2) is 9.89 Å². The molecule has 0 aliphatic carbocycles. The second-order valence-corrected chi connectivity index (χ2v) is 7.36. The van der Waals surface area contributed by atoms with Crippen LogP contribution in [-0.2, 0) is 19.9 Å². The first-order valence-electron chi connectivity index (χ1n) is 8.83. The lowest BCUT2D eigenvalue weighted by atomic mass is 9.63. The fraction of sp³-hybridized carbons (Fsp3) is 0.286. The van der Waals surface area contributed by atoms with Crippen LogP contribution in [-0.4, -0.2) is 29.0 Å². The Labute approximate surface area is 156 Å². The minimum absolute atomic E-state index is 0.368. The number of rotatable bonds is 1. The Bertz CT molecular complexity index is 1030. The number of aliphatic imine (C=N–C) groups is 1. The number of carbonyl (C=O) groups is 2. The van der Waals surface area contributed by atoms with Crippen LogP contribution in [0.2, 0.25) is 0 Å². The van der Waals surface area contributed by atoms with Gasteiger partial charge in [-0.15, -0.1) is 0 Å². The van der Waals surface area contributed by atoms with Crippen molar-refractivity contribution in [2.75, 3.05) is 4.90 Å². The molecule has 2 aromatic rings. The van der Waals surface area contributed by atoms with Crippen LogP contribution in [0.1, 0.15) is 36.7 Å². The number of amides is 2. The van der Waals surface area contributed by atoms with Crippen LogP contribution >= 0.6 is 0 Å². The van der Waals surface area contributed by atoms with Crippen LogP contribution < -0.4 is 4.90 Å². The van der Waals surface area contributed by atoms with Crippen molar-refractivity contribution in [3.63, 3.8) is 0 Å². The van der Waals surface area contributed by atoms with Crippen LogP contribution in [0, 0.1) is 0 Å². The molecule has 0 unspecified atom stereocenters. The Balaban J connectivity index is 1.78. The zero-order valence-electron chi connectivity index (χ0n) is 15.2. The predicted molar refractivity (Wildman–Crippen MR) is 98.5 cm³/mol. The molecule has 0 radical (unpaired) electrons. The van der Waals surface area contributed by atoms with Gasteiger partial charge in [-0.1, -0.05) is 36.4 Å². The highest BCUT2D eigenvalue weighted by Crippen LogP contribution is 2.64. The smallest absolute Gasteiger partial charge is 0.273 e. The predicted octanol–water partition coefficient (Wildman–Crippen LogP) is 3.02. The van der Waals surface area contributed by atoms with E-state index in [0.717, 1.165) is 0 Å². The normalized spacial score (nSPS) is 33.9. The number of imide groups is 1. The summed E-state index contributed by atoms with van der Waals surface area (Å²) in [6.07, 6.45) is 0. The molecule has 0 aromatic heterocycles. The summed E-state index contributed by atoms with van der Waals surface area (Å²) >= 11 is 0. The van der Waals surface area contributed by atoms with E-state index in [0.29, 0.717) is 22.7 Å². The van der Waals surface area contributed by atoms with Crippen LogP contribution in [0.3, 0.4) is 0 Å². The average molecular weight is 362 g/mol. The largest absolute Gasteiger partial charge is 0.447 e. The summed E-state index contributed by atoms with van der Waals surface area (Å²) in [4.78, 5) is 32.8. The van der Waals surface area contributed by atoms with Gasteiger partial charge in [0.2, 0.25) is 11.4 Å². The number of benzene rings is 2. The fourth-order valence-corrected chi connectivity index (χ4v) is 4.53. The first kappa shape index (κ1) is 16.2. The van der Waals surface area contributed by atoms with E-state index >= 15 is 0 Å². The van der Waals surface area contributed by atoms with Gasteiger partial charge in [0.25, 0.3) is 11.8 Å². The number of nitrogens with zero attached hydrogens (tertiary/aromatic N) is 2. The average Bonchev–Trinajstić information content (AvgIpc) is 2.83. The first-order chi connectivity index (χ1) is 12.8. The molecular formula is C21H18N2O4. The highest BCUT2D eigenvalue weighted by Gasteiger charge is 2.82. The molecule has 1 spiro atoms. The summed E-state index contributed by atoms with van der Waals surface area (Å²) in [7, 11) is 0. The van der Waals surface area contributed by atoms with E-state index in [2.05, 4.69) is 4.99 Å². The molecule has 3 aliphatic rings. The summed E-state index contributed by atoms with van der Waals surface area (Å²) in [5.41, 5.74) is -0.926. The van der Waals surface area contributed by atoms with Crippen molar-refractivity contribution in [1.29, 1.82) is 0 Å². The molecule has 1 saturated heterocycles. The summed E-state index contributed by atoms with van der Waals surface area (Å²) in [6, 6.07) is 15.9. The molecule has 3 atom stereocenters. The zero-order chi connectivity index (χ0) is 19.0. The quantitative estimate of drug-likeness (QED) is 0.732. The maximum atomic E-state index is 13.8. The molecule has 6 nitrogen and oxygen atoms in total. The lowest BCUT2D eigenvalue weighted by Crippen LogP contribution is -2.81. The first-order valence-corrected chi connectivity index (χ1v) is 8.83. The van der Waals surface area contributed by atoms with Gasteiger partial charge in [-0.2, -0.15) is 0 Å². The fourth-order valence-electron chi connectivity index (χ4n) is 4.53. The molecule has 2 aromatic carbocycles. The monoisotopic (exact) mass is 362 g/mol. The SMILES string of the molecule is CC1=N[C@]2(C)[C@](C)(O1)O[C@]21C(=O)N(c2ccccc2)C(=O)c2ccccc21. The van der Waals surface area contributed by atoms with Crippen LogP contribution in [0.5, 0.6) is 0 Å². The van der Waals surface area contributed by atoms with Gasteiger partial charge in [0.05, 0.1) is 5.69 Å². The molecule has 3 heterocycles. The minimum Gasteiger partial charge on any atom is -0.447 e. The van der Waals surface area contributed by atoms with Crippen molar-refractivity contribution >= 4 is 23.4 Å². The highest BCUT2D eigenvalue weighted by atomic mass is 16.8. The van der Waals surface area contributed by atoms with Gasteiger partial charge < -0.3 is 9.47 Å². The second-order valence-electron chi connectivity index (χ2n) is 7.36. The van der Waals surface area contributed by atoms with E-state index in [4.69, 9.17) is 9.47 Å². The van der Waals surface area contributed by atoms with Crippen molar-refractivity contribution in [2.24, 2.45) is 4.99 Å². The molecule has 0 bridgehead atoms. The van der Waals surface area contributed by atoms with Crippen LogP contribution in [0.25, 0.3) is 0 Å². The number of para-hydroxylation sites is 1. The number of hydrogen-bond donors (Lipinski definition) is 0.